The van der Waals surface area contributed by atoms with Crippen LogP contribution in [-0.2, 0) is 14.3 Å². The Morgan fingerprint density at radius 2 is 2.05 bits per heavy atom. The topological polar surface area (TPSA) is 93.5 Å². The zero-order valence-corrected chi connectivity index (χ0v) is 12.0. The van der Waals surface area contributed by atoms with E-state index < -0.39 is 0 Å². The molecule has 0 heterocycles. The van der Waals surface area contributed by atoms with E-state index in [-0.39, 0.29) is 18.4 Å². The van der Waals surface area contributed by atoms with Crippen LogP contribution in [0.5, 0.6) is 0 Å². The molecule has 0 saturated heterocycles. The van der Waals surface area contributed by atoms with Crippen LogP contribution in [-0.4, -0.2) is 32.1 Å². The Morgan fingerprint density at radius 3 is 2.65 bits per heavy atom. The highest BCUT2D eigenvalue weighted by Crippen LogP contribution is 2.25. The summed E-state index contributed by atoms with van der Waals surface area (Å²) < 4.78 is 4.71. The highest BCUT2D eigenvalue weighted by molar-refractivity contribution is 6.34. The minimum atomic E-state index is -0.297. The van der Waals surface area contributed by atoms with Crippen molar-refractivity contribution in [1.82, 2.24) is 0 Å². The summed E-state index contributed by atoms with van der Waals surface area (Å²) in [5.41, 5.74) is 6.37. The number of carbonyl (C=O) groups excluding carboxylic acids is 2. The van der Waals surface area contributed by atoms with Gasteiger partial charge in [-0.05, 0) is 31.2 Å². The van der Waals surface area contributed by atoms with Crippen LogP contribution in [0.4, 0.5) is 11.4 Å². The standard InChI is InChI=1S/C13H18ClN3O3/c1-20-8-13(19)17-11-5-4-9(7-10(11)14)16-12(18)3-2-6-15/h4-5,7H,2-3,6,8,15H2,1H3,(H,16,18)(H,17,19). The largest absolute Gasteiger partial charge is 0.375 e. The average Bonchev–Trinajstić information content (AvgIpc) is 2.40. The Bertz CT molecular complexity index is 480. The molecule has 0 unspecified atom stereocenters. The fourth-order valence-electron chi connectivity index (χ4n) is 1.50. The molecule has 0 aliphatic rings. The summed E-state index contributed by atoms with van der Waals surface area (Å²) in [7, 11) is 1.43. The summed E-state index contributed by atoms with van der Waals surface area (Å²) in [6, 6.07) is 4.85. The van der Waals surface area contributed by atoms with Gasteiger partial charge in [0.1, 0.15) is 6.61 Å². The Hall–Kier alpha value is -1.63. The Morgan fingerprint density at radius 1 is 1.30 bits per heavy atom. The summed E-state index contributed by atoms with van der Waals surface area (Å²) in [6.45, 7) is 0.423. The maximum Gasteiger partial charge on any atom is 0.250 e. The number of anilines is 2. The summed E-state index contributed by atoms with van der Waals surface area (Å²) in [4.78, 5) is 22.9. The number of hydrogen-bond donors (Lipinski definition) is 3. The lowest BCUT2D eigenvalue weighted by Crippen LogP contribution is -2.17. The number of nitrogens with two attached hydrogens (primary N) is 1. The van der Waals surface area contributed by atoms with Crippen LogP contribution in [0.1, 0.15) is 12.8 Å². The van der Waals surface area contributed by atoms with Gasteiger partial charge in [-0.25, -0.2) is 0 Å². The van der Waals surface area contributed by atoms with Crippen molar-refractivity contribution in [2.45, 2.75) is 12.8 Å². The molecule has 0 aliphatic carbocycles. The third kappa shape index (κ3) is 5.56. The molecule has 1 aromatic rings. The van der Waals surface area contributed by atoms with Crippen LogP contribution in [0.2, 0.25) is 5.02 Å². The minimum Gasteiger partial charge on any atom is -0.375 e. The number of methoxy groups -OCH3 is 1. The number of ether oxygens (including phenoxy) is 1. The van der Waals surface area contributed by atoms with E-state index in [1.54, 1.807) is 18.2 Å². The molecule has 0 aliphatic heterocycles. The van der Waals surface area contributed by atoms with Gasteiger partial charge >= 0.3 is 0 Å². The summed E-state index contributed by atoms with van der Waals surface area (Å²) >= 11 is 6.03. The third-order valence-electron chi connectivity index (χ3n) is 2.41. The summed E-state index contributed by atoms with van der Waals surface area (Å²) in [6.07, 6.45) is 0.991. The number of carbonyl (C=O) groups is 2. The molecule has 0 aromatic heterocycles. The molecule has 1 aromatic carbocycles. The van der Waals surface area contributed by atoms with E-state index in [1.165, 1.54) is 7.11 Å². The predicted molar refractivity (Wildman–Crippen MR) is 78.9 cm³/mol. The zero-order valence-electron chi connectivity index (χ0n) is 11.2. The van der Waals surface area contributed by atoms with Gasteiger partial charge in [0.25, 0.3) is 0 Å². The third-order valence-corrected chi connectivity index (χ3v) is 2.72. The molecule has 2 amide bonds. The van der Waals surface area contributed by atoms with E-state index in [0.29, 0.717) is 35.8 Å². The molecule has 7 heteroatoms. The molecule has 0 spiro atoms. The highest BCUT2D eigenvalue weighted by atomic mass is 35.5. The lowest BCUT2D eigenvalue weighted by Gasteiger charge is -2.09. The van der Waals surface area contributed by atoms with Crippen molar-refractivity contribution in [3.05, 3.63) is 23.2 Å². The number of hydrogen-bond acceptors (Lipinski definition) is 4. The molecule has 110 valence electrons. The van der Waals surface area contributed by atoms with Gasteiger partial charge in [-0.15, -0.1) is 0 Å². The first kappa shape index (κ1) is 16.4. The van der Waals surface area contributed by atoms with Gasteiger partial charge < -0.3 is 21.1 Å². The van der Waals surface area contributed by atoms with Gasteiger partial charge in [-0.1, -0.05) is 11.6 Å². The maximum absolute atomic E-state index is 11.5. The number of halogens is 1. The minimum absolute atomic E-state index is 0.0477. The van der Waals surface area contributed by atoms with Crippen molar-refractivity contribution in [1.29, 1.82) is 0 Å². The average molecular weight is 300 g/mol. The molecule has 0 saturated carbocycles. The van der Waals surface area contributed by atoms with Gasteiger partial charge in [-0.2, -0.15) is 0 Å². The van der Waals surface area contributed by atoms with Crippen molar-refractivity contribution < 1.29 is 14.3 Å². The van der Waals surface area contributed by atoms with Crippen molar-refractivity contribution in [2.75, 3.05) is 30.9 Å². The van der Waals surface area contributed by atoms with E-state index in [2.05, 4.69) is 10.6 Å². The van der Waals surface area contributed by atoms with Crippen molar-refractivity contribution in [2.24, 2.45) is 5.73 Å². The molecular weight excluding hydrogens is 282 g/mol. The fraction of sp³-hybridized carbons (Fsp3) is 0.385. The lowest BCUT2D eigenvalue weighted by atomic mass is 10.2. The van der Waals surface area contributed by atoms with E-state index in [0.717, 1.165) is 0 Å². The van der Waals surface area contributed by atoms with Crippen LogP contribution in [0, 0.1) is 0 Å². The van der Waals surface area contributed by atoms with Crippen LogP contribution in [0.15, 0.2) is 18.2 Å². The van der Waals surface area contributed by atoms with Gasteiger partial charge in [0.15, 0.2) is 0 Å². The zero-order chi connectivity index (χ0) is 15.0. The SMILES string of the molecule is COCC(=O)Nc1ccc(NC(=O)CCCN)cc1Cl. The fourth-order valence-corrected chi connectivity index (χ4v) is 1.73. The second kappa shape index (κ2) is 8.52. The van der Waals surface area contributed by atoms with E-state index >= 15 is 0 Å². The second-order valence-electron chi connectivity index (χ2n) is 4.12. The van der Waals surface area contributed by atoms with Crippen molar-refractivity contribution >= 4 is 34.8 Å². The molecular formula is C13H18ClN3O3. The summed E-state index contributed by atoms with van der Waals surface area (Å²) in [5, 5.41) is 5.65. The van der Waals surface area contributed by atoms with Crippen molar-refractivity contribution in [3.63, 3.8) is 0 Å². The Kier molecular flexibility index (Phi) is 7.00. The van der Waals surface area contributed by atoms with Crippen LogP contribution >= 0.6 is 11.6 Å². The predicted octanol–water partition coefficient (Wildman–Crippen LogP) is 1.60. The Labute approximate surface area is 122 Å². The Balaban J connectivity index is 2.63. The first-order valence-electron chi connectivity index (χ1n) is 6.15. The summed E-state index contributed by atoms with van der Waals surface area (Å²) in [5.74, 6) is -0.420. The molecule has 0 radical (unpaired) electrons. The monoisotopic (exact) mass is 299 g/mol. The van der Waals surface area contributed by atoms with Crippen LogP contribution in [0.3, 0.4) is 0 Å². The van der Waals surface area contributed by atoms with Crippen LogP contribution < -0.4 is 16.4 Å². The first-order chi connectivity index (χ1) is 9.56. The highest BCUT2D eigenvalue weighted by Gasteiger charge is 2.08. The molecule has 6 nitrogen and oxygen atoms in total. The van der Waals surface area contributed by atoms with Gasteiger partial charge in [0.05, 0.1) is 10.7 Å². The molecule has 4 N–H and O–H groups in total. The molecule has 0 bridgehead atoms. The van der Waals surface area contributed by atoms with Gasteiger partial charge in [0, 0.05) is 19.2 Å². The van der Waals surface area contributed by atoms with E-state index in [9.17, 15) is 9.59 Å². The lowest BCUT2D eigenvalue weighted by molar-refractivity contribution is -0.119. The molecule has 0 atom stereocenters. The van der Waals surface area contributed by atoms with Gasteiger partial charge in [-0.3, -0.25) is 9.59 Å². The number of rotatable bonds is 7. The number of nitrogens with one attached hydrogen (secondary N) is 2. The first-order valence-corrected chi connectivity index (χ1v) is 6.53. The quantitative estimate of drug-likeness (QED) is 0.713. The van der Waals surface area contributed by atoms with Gasteiger partial charge in [0.2, 0.25) is 11.8 Å². The smallest absolute Gasteiger partial charge is 0.250 e. The maximum atomic E-state index is 11.5. The van der Waals surface area contributed by atoms with E-state index in [4.69, 9.17) is 22.1 Å². The van der Waals surface area contributed by atoms with E-state index in [1.807, 2.05) is 0 Å². The number of amides is 2. The second-order valence-corrected chi connectivity index (χ2v) is 4.52. The van der Waals surface area contributed by atoms with Crippen molar-refractivity contribution in [3.8, 4) is 0 Å². The molecule has 0 fully saturated rings. The molecule has 20 heavy (non-hydrogen) atoms. The van der Waals surface area contributed by atoms with Crippen LogP contribution in [0.25, 0.3) is 0 Å². The normalized spacial score (nSPS) is 10.2. The molecule has 1 rings (SSSR count). The number of benzene rings is 1.